The molecule has 0 fully saturated rings. The second-order valence-corrected chi connectivity index (χ2v) is 18.1. The van der Waals surface area contributed by atoms with E-state index in [2.05, 4.69) is 49.9 Å². The topological polar surface area (TPSA) is 113 Å². The number of unbranched alkanes of at least 4 members (excludes halogenated alkanes) is 1. The summed E-state index contributed by atoms with van der Waals surface area (Å²) >= 11 is 0. The molecular weight excluding hydrogens is 535 g/mol. The first-order valence-electron chi connectivity index (χ1n) is 12.8. The molecule has 2 rings (SSSR count). The van der Waals surface area contributed by atoms with Crippen LogP contribution in [0, 0.1) is 17.1 Å². The highest BCUT2D eigenvalue weighted by atomic mass is 32.2. The van der Waals surface area contributed by atoms with Gasteiger partial charge in [-0.3, -0.25) is 4.79 Å². The molecule has 0 N–H and O–H groups in total. The zero-order valence-corrected chi connectivity index (χ0v) is 26.1. The highest BCUT2D eigenvalue weighted by molar-refractivity contribution is 7.92. The number of allylic oxidation sites excluding steroid dienone is 1. The zero-order chi connectivity index (χ0) is 29.8. The van der Waals surface area contributed by atoms with Gasteiger partial charge >= 0.3 is 0 Å². The third-order valence-electron chi connectivity index (χ3n) is 6.79. The van der Waals surface area contributed by atoms with Crippen molar-refractivity contribution >= 4 is 35.8 Å². The van der Waals surface area contributed by atoms with Crippen molar-refractivity contribution in [3.63, 3.8) is 0 Å². The molecule has 11 heteroatoms. The molecule has 0 aliphatic heterocycles. The largest absolute Gasteiger partial charge is 0.543 e. The molecule has 1 aromatic carbocycles. The number of nitriles is 1. The Bertz CT molecular complexity index is 1380. The molecule has 0 bridgehead atoms. The minimum Gasteiger partial charge on any atom is -0.543 e. The Morgan fingerprint density at radius 2 is 1.79 bits per heavy atom. The zero-order valence-electron chi connectivity index (χ0n) is 24.3. The summed E-state index contributed by atoms with van der Waals surface area (Å²) in [6.07, 6.45) is 3.33. The van der Waals surface area contributed by atoms with E-state index in [9.17, 15) is 17.6 Å². The molecule has 2 aromatic rings. The average molecular weight is 575 g/mol. The summed E-state index contributed by atoms with van der Waals surface area (Å²) in [6, 6.07) is 7.74. The molecule has 0 saturated carbocycles. The Hall–Kier alpha value is -3.10. The second-order valence-electron chi connectivity index (χ2n) is 11.4. The number of ketones is 1. The van der Waals surface area contributed by atoms with Crippen LogP contribution in [0.5, 0.6) is 0 Å². The number of halogens is 1. The van der Waals surface area contributed by atoms with Gasteiger partial charge in [0.25, 0.3) is 8.32 Å². The van der Waals surface area contributed by atoms with Crippen molar-refractivity contribution in [3.05, 3.63) is 47.4 Å². The average Bonchev–Trinajstić information content (AvgIpc) is 2.81. The van der Waals surface area contributed by atoms with Crippen molar-refractivity contribution in [3.8, 4) is 17.3 Å². The summed E-state index contributed by atoms with van der Waals surface area (Å²) in [6.45, 7) is 14.2. The Morgan fingerprint density at radius 3 is 2.28 bits per heavy atom. The smallest absolute Gasteiger partial charge is 0.250 e. The number of hydrogen-bond acceptors (Lipinski definition) is 7. The first-order chi connectivity index (χ1) is 17.9. The van der Waals surface area contributed by atoms with Crippen LogP contribution in [0.3, 0.4) is 0 Å². The number of benzene rings is 1. The Balaban J connectivity index is 2.99. The van der Waals surface area contributed by atoms with Gasteiger partial charge in [0.1, 0.15) is 11.6 Å². The van der Waals surface area contributed by atoms with E-state index in [1.54, 1.807) is 12.1 Å². The first-order valence-corrected chi connectivity index (χ1v) is 17.6. The van der Waals surface area contributed by atoms with Crippen molar-refractivity contribution in [1.82, 2.24) is 9.97 Å². The van der Waals surface area contributed by atoms with Gasteiger partial charge in [0.15, 0.2) is 5.78 Å². The summed E-state index contributed by atoms with van der Waals surface area (Å²) in [5, 5.41) is 8.70. The number of carbonyl (C=O) groups is 1. The van der Waals surface area contributed by atoms with Crippen LogP contribution in [0.2, 0.25) is 18.1 Å². The monoisotopic (exact) mass is 574 g/mol. The van der Waals surface area contributed by atoms with E-state index in [1.807, 2.05) is 13.8 Å². The molecule has 0 saturated heterocycles. The minimum absolute atomic E-state index is 0.0451. The Labute approximate surface area is 233 Å². The molecule has 0 unspecified atom stereocenters. The maximum atomic E-state index is 13.9. The van der Waals surface area contributed by atoms with Crippen LogP contribution < -0.4 is 4.31 Å². The van der Waals surface area contributed by atoms with E-state index in [0.29, 0.717) is 34.7 Å². The summed E-state index contributed by atoms with van der Waals surface area (Å²) in [7, 11) is -4.83. The van der Waals surface area contributed by atoms with Crippen molar-refractivity contribution in [2.24, 2.45) is 0 Å². The molecule has 0 atom stereocenters. The Morgan fingerprint density at radius 1 is 1.21 bits per heavy atom. The van der Waals surface area contributed by atoms with E-state index in [4.69, 9.17) is 9.69 Å². The fourth-order valence-electron chi connectivity index (χ4n) is 3.37. The third kappa shape index (κ3) is 8.19. The van der Waals surface area contributed by atoms with E-state index in [0.717, 1.165) is 10.6 Å². The molecule has 0 aliphatic carbocycles. The van der Waals surface area contributed by atoms with E-state index in [-0.39, 0.29) is 35.5 Å². The number of carbonyl (C=O) groups excluding carboxylic acids is 1. The first kappa shape index (κ1) is 32.1. The van der Waals surface area contributed by atoms with Gasteiger partial charge in [-0.05, 0) is 54.7 Å². The molecule has 212 valence electrons. The third-order valence-corrected chi connectivity index (χ3v) is 12.3. The molecule has 1 aromatic heterocycles. The van der Waals surface area contributed by atoms with E-state index < -0.39 is 24.2 Å². The number of nitrogens with zero attached hydrogens (tertiary/aromatic N) is 4. The number of hydrogen-bond donors (Lipinski definition) is 0. The van der Waals surface area contributed by atoms with Crippen LogP contribution in [0.1, 0.15) is 71.1 Å². The summed E-state index contributed by atoms with van der Waals surface area (Å²) in [4.78, 5) is 22.4. The van der Waals surface area contributed by atoms with Crippen LogP contribution in [0.25, 0.3) is 17.0 Å². The van der Waals surface area contributed by atoms with Crippen LogP contribution in [0.15, 0.2) is 30.3 Å². The molecule has 39 heavy (non-hydrogen) atoms. The SMILES string of the molecule is CC(C)c1nc(N(C)S(C)(=O)=O)nc(-c2ccc(F)cc2)c1C(=CC(=O)CCCC#N)O[Si](C)(C)C(C)(C)C. The maximum Gasteiger partial charge on any atom is 0.250 e. The van der Waals surface area contributed by atoms with Gasteiger partial charge in [-0.25, -0.2) is 27.1 Å². The second kappa shape index (κ2) is 12.4. The lowest BCUT2D eigenvalue weighted by atomic mass is 9.96. The lowest BCUT2D eigenvalue weighted by Crippen LogP contribution is -2.40. The molecular formula is C28H39FN4O4SSi. The van der Waals surface area contributed by atoms with Gasteiger partial charge in [-0.15, -0.1) is 0 Å². The lowest BCUT2D eigenvalue weighted by molar-refractivity contribution is -0.114. The fourth-order valence-corrected chi connectivity index (χ4v) is 4.77. The predicted molar refractivity (Wildman–Crippen MR) is 155 cm³/mol. The molecule has 0 amide bonds. The van der Waals surface area contributed by atoms with Crippen LogP contribution in [-0.2, 0) is 19.2 Å². The predicted octanol–water partition coefficient (Wildman–Crippen LogP) is 6.43. The van der Waals surface area contributed by atoms with Gasteiger partial charge in [0, 0.05) is 31.5 Å². The number of aromatic nitrogens is 2. The number of anilines is 1. The van der Waals surface area contributed by atoms with E-state index >= 15 is 0 Å². The van der Waals surface area contributed by atoms with Crippen molar-refractivity contribution in [2.75, 3.05) is 17.6 Å². The molecule has 0 aliphatic rings. The van der Waals surface area contributed by atoms with Crippen molar-refractivity contribution in [2.45, 2.75) is 77.9 Å². The standard InChI is InChI=1S/C28H39FN4O4SSi/c1-19(2)25-24(23(18-22(34)12-10-11-17-30)37-39(8,9)28(3,4)5)26(20-13-15-21(29)16-14-20)32-27(31-25)33(6)38(7,35)36/h13-16,18-19H,10-12H2,1-9H3. The number of sulfonamides is 1. The molecule has 8 nitrogen and oxygen atoms in total. The van der Waals surface area contributed by atoms with Gasteiger partial charge in [0.05, 0.1) is 29.3 Å². The molecule has 1 heterocycles. The van der Waals surface area contributed by atoms with E-state index in [1.165, 1.54) is 25.3 Å². The van der Waals surface area contributed by atoms with Crippen LogP contribution in [0.4, 0.5) is 10.3 Å². The highest BCUT2D eigenvalue weighted by Crippen LogP contribution is 2.42. The molecule has 0 spiro atoms. The minimum atomic E-state index is -3.69. The van der Waals surface area contributed by atoms with Gasteiger partial charge in [-0.2, -0.15) is 5.26 Å². The van der Waals surface area contributed by atoms with Crippen LogP contribution in [-0.4, -0.2) is 45.8 Å². The fraction of sp³-hybridized carbons (Fsp3) is 0.500. The highest BCUT2D eigenvalue weighted by Gasteiger charge is 2.41. The molecule has 0 radical (unpaired) electrons. The van der Waals surface area contributed by atoms with Gasteiger partial charge < -0.3 is 4.43 Å². The summed E-state index contributed by atoms with van der Waals surface area (Å²) < 4.78 is 46.4. The maximum absolute atomic E-state index is 13.9. The van der Waals surface area contributed by atoms with Gasteiger partial charge in [-0.1, -0.05) is 34.6 Å². The quantitative estimate of drug-likeness (QED) is 0.132. The lowest BCUT2D eigenvalue weighted by Gasteiger charge is -2.38. The summed E-state index contributed by atoms with van der Waals surface area (Å²) in [5.74, 6) is -0.616. The normalized spacial score (nSPS) is 12.8. The van der Waals surface area contributed by atoms with Crippen LogP contribution >= 0.6 is 0 Å². The van der Waals surface area contributed by atoms with Gasteiger partial charge in [0.2, 0.25) is 16.0 Å². The van der Waals surface area contributed by atoms with Crippen molar-refractivity contribution in [1.29, 1.82) is 5.26 Å². The number of rotatable bonds is 11. The van der Waals surface area contributed by atoms with Crippen molar-refractivity contribution < 1.29 is 22.0 Å². The Kier molecular flexibility index (Phi) is 10.2. The summed E-state index contributed by atoms with van der Waals surface area (Å²) in [5.41, 5.74) is 1.79.